The van der Waals surface area contributed by atoms with E-state index in [-0.39, 0.29) is 12.4 Å². The van der Waals surface area contributed by atoms with Crippen molar-refractivity contribution in [3.8, 4) is 5.69 Å². The minimum atomic E-state index is -0.471. The van der Waals surface area contributed by atoms with Crippen LogP contribution in [0.5, 0.6) is 0 Å². The molecule has 1 heterocycles. The summed E-state index contributed by atoms with van der Waals surface area (Å²) in [7, 11) is 0. The van der Waals surface area contributed by atoms with Gasteiger partial charge in [0.15, 0.2) is 0 Å². The van der Waals surface area contributed by atoms with Crippen molar-refractivity contribution in [1.29, 1.82) is 0 Å². The van der Waals surface area contributed by atoms with E-state index in [1.165, 1.54) is 18.3 Å². The number of carbonyl (C=O) groups is 1. The minimum absolute atomic E-state index is 0.268. The van der Waals surface area contributed by atoms with E-state index < -0.39 is 11.4 Å². The van der Waals surface area contributed by atoms with Crippen LogP contribution in [-0.2, 0) is 21.5 Å². The van der Waals surface area contributed by atoms with E-state index >= 15 is 0 Å². The van der Waals surface area contributed by atoms with Gasteiger partial charge in [-0.25, -0.2) is 13.9 Å². The van der Waals surface area contributed by atoms with Crippen LogP contribution in [-0.4, -0.2) is 29.0 Å². The third kappa shape index (κ3) is 5.13. The van der Waals surface area contributed by atoms with Crippen molar-refractivity contribution in [2.45, 2.75) is 39.2 Å². The van der Waals surface area contributed by atoms with Crippen molar-refractivity contribution in [2.75, 3.05) is 13.2 Å². The molecule has 2 aromatic carbocycles. The second-order valence-electron chi connectivity index (χ2n) is 7.69. The van der Waals surface area contributed by atoms with Crippen LogP contribution >= 0.6 is 0 Å². The van der Waals surface area contributed by atoms with Gasteiger partial charge in [-0.05, 0) is 37.1 Å². The van der Waals surface area contributed by atoms with Crippen LogP contribution in [0.3, 0.4) is 0 Å². The van der Waals surface area contributed by atoms with Gasteiger partial charge in [-0.2, -0.15) is 5.10 Å². The molecule has 158 valence electrons. The number of benzene rings is 2. The highest BCUT2D eigenvalue weighted by Gasteiger charge is 2.32. The van der Waals surface area contributed by atoms with Crippen LogP contribution in [0.2, 0.25) is 0 Å². The summed E-state index contributed by atoms with van der Waals surface area (Å²) in [5.41, 5.74) is 2.25. The SMILES string of the molecule is CCOC(=O)c1cnn(-c2cccc(F)c2)c1C(C)(C)CCOCc1ccccc1. The summed E-state index contributed by atoms with van der Waals surface area (Å²) in [6.45, 7) is 7.09. The summed E-state index contributed by atoms with van der Waals surface area (Å²) in [6.07, 6.45) is 2.14. The Morgan fingerprint density at radius 3 is 2.60 bits per heavy atom. The van der Waals surface area contributed by atoms with Crippen molar-refractivity contribution in [1.82, 2.24) is 9.78 Å². The van der Waals surface area contributed by atoms with Gasteiger partial charge in [0.25, 0.3) is 0 Å². The minimum Gasteiger partial charge on any atom is -0.462 e. The average Bonchev–Trinajstić information content (AvgIpc) is 3.19. The maximum absolute atomic E-state index is 13.8. The Morgan fingerprint density at radius 2 is 1.90 bits per heavy atom. The molecule has 0 aliphatic rings. The molecule has 0 atom stereocenters. The van der Waals surface area contributed by atoms with Gasteiger partial charge in [0.1, 0.15) is 11.4 Å². The predicted molar refractivity (Wildman–Crippen MR) is 113 cm³/mol. The Balaban J connectivity index is 1.84. The smallest absolute Gasteiger partial charge is 0.341 e. The van der Waals surface area contributed by atoms with Crippen LogP contribution in [0.1, 0.15) is 48.8 Å². The van der Waals surface area contributed by atoms with Crippen LogP contribution in [0.25, 0.3) is 5.69 Å². The fourth-order valence-electron chi connectivity index (χ4n) is 3.37. The van der Waals surface area contributed by atoms with Crippen molar-refractivity contribution in [2.24, 2.45) is 0 Å². The van der Waals surface area contributed by atoms with Gasteiger partial charge in [0.05, 0.1) is 30.8 Å². The number of rotatable bonds is 9. The summed E-state index contributed by atoms with van der Waals surface area (Å²) >= 11 is 0. The quantitative estimate of drug-likeness (QED) is 0.365. The zero-order valence-corrected chi connectivity index (χ0v) is 17.6. The molecule has 0 unspecified atom stereocenters. The predicted octanol–water partition coefficient (Wildman–Crippen LogP) is 5.07. The van der Waals surface area contributed by atoms with Gasteiger partial charge >= 0.3 is 5.97 Å². The van der Waals surface area contributed by atoms with Gasteiger partial charge in [0.2, 0.25) is 0 Å². The second-order valence-corrected chi connectivity index (χ2v) is 7.69. The monoisotopic (exact) mass is 410 g/mol. The lowest BCUT2D eigenvalue weighted by Crippen LogP contribution is -2.27. The molecule has 0 radical (unpaired) electrons. The van der Waals surface area contributed by atoms with E-state index in [0.717, 1.165) is 5.56 Å². The number of aromatic nitrogens is 2. The highest BCUT2D eigenvalue weighted by Crippen LogP contribution is 2.32. The first-order valence-corrected chi connectivity index (χ1v) is 10.1. The molecule has 0 saturated heterocycles. The largest absolute Gasteiger partial charge is 0.462 e. The highest BCUT2D eigenvalue weighted by atomic mass is 19.1. The summed E-state index contributed by atoms with van der Waals surface area (Å²) in [4.78, 5) is 12.6. The van der Waals surface area contributed by atoms with E-state index in [9.17, 15) is 9.18 Å². The number of ether oxygens (including phenoxy) is 2. The van der Waals surface area contributed by atoms with Crippen molar-refractivity contribution in [3.63, 3.8) is 0 Å². The van der Waals surface area contributed by atoms with E-state index in [0.29, 0.717) is 36.6 Å². The van der Waals surface area contributed by atoms with Crippen LogP contribution in [0, 0.1) is 5.82 Å². The van der Waals surface area contributed by atoms with E-state index in [4.69, 9.17) is 9.47 Å². The number of halogens is 1. The molecule has 0 bridgehead atoms. The molecule has 0 amide bonds. The topological polar surface area (TPSA) is 53.3 Å². The van der Waals surface area contributed by atoms with E-state index in [1.54, 1.807) is 23.7 Å². The highest BCUT2D eigenvalue weighted by molar-refractivity contribution is 5.91. The standard InChI is InChI=1S/C24H27FN2O3/c1-4-30-23(28)21-16-26-27(20-12-8-11-19(25)15-20)22(21)24(2,3)13-14-29-17-18-9-6-5-7-10-18/h5-12,15-16H,4,13-14,17H2,1-3H3. The van der Waals surface area contributed by atoms with Crippen LogP contribution < -0.4 is 0 Å². The maximum atomic E-state index is 13.8. The molecule has 3 aromatic rings. The lowest BCUT2D eigenvalue weighted by molar-refractivity contribution is 0.0521. The van der Waals surface area contributed by atoms with Gasteiger partial charge in [0, 0.05) is 12.0 Å². The van der Waals surface area contributed by atoms with Gasteiger partial charge in [-0.1, -0.05) is 50.2 Å². The van der Waals surface area contributed by atoms with Crippen molar-refractivity contribution < 1.29 is 18.7 Å². The maximum Gasteiger partial charge on any atom is 0.341 e. The van der Waals surface area contributed by atoms with Crippen molar-refractivity contribution >= 4 is 5.97 Å². The number of hydrogen-bond acceptors (Lipinski definition) is 4. The molecule has 0 fully saturated rings. The molecule has 0 spiro atoms. The van der Waals surface area contributed by atoms with E-state index in [1.807, 2.05) is 44.2 Å². The molecular weight excluding hydrogens is 383 g/mol. The molecule has 0 saturated carbocycles. The second kappa shape index (κ2) is 9.67. The van der Waals surface area contributed by atoms with Gasteiger partial charge < -0.3 is 9.47 Å². The molecule has 1 aromatic heterocycles. The molecule has 5 nitrogen and oxygen atoms in total. The van der Waals surface area contributed by atoms with E-state index in [2.05, 4.69) is 5.10 Å². The third-order valence-electron chi connectivity index (χ3n) is 4.94. The fraction of sp³-hybridized carbons (Fsp3) is 0.333. The fourth-order valence-corrected chi connectivity index (χ4v) is 3.37. The summed E-state index contributed by atoms with van der Waals surface area (Å²) in [5, 5.41) is 4.38. The average molecular weight is 410 g/mol. The van der Waals surface area contributed by atoms with Gasteiger partial charge in [-0.3, -0.25) is 0 Å². The zero-order valence-electron chi connectivity index (χ0n) is 17.6. The summed E-state index contributed by atoms with van der Waals surface area (Å²) < 4.78 is 26.5. The number of esters is 1. The van der Waals surface area contributed by atoms with Crippen LogP contribution in [0.15, 0.2) is 60.8 Å². The van der Waals surface area contributed by atoms with Crippen molar-refractivity contribution in [3.05, 3.63) is 83.4 Å². The molecule has 0 aliphatic carbocycles. The lowest BCUT2D eigenvalue weighted by atomic mass is 9.83. The summed E-state index contributed by atoms with van der Waals surface area (Å²) in [5.74, 6) is -0.802. The Morgan fingerprint density at radius 1 is 1.13 bits per heavy atom. The van der Waals surface area contributed by atoms with Gasteiger partial charge in [-0.15, -0.1) is 0 Å². The zero-order chi connectivity index (χ0) is 21.6. The van der Waals surface area contributed by atoms with Crippen LogP contribution in [0.4, 0.5) is 4.39 Å². The molecule has 30 heavy (non-hydrogen) atoms. The molecule has 0 N–H and O–H groups in total. The number of hydrogen-bond donors (Lipinski definition) is 0. The third-order valence-corrected chi connectivity index (χ3v) is 4.94. The molecule has 3 rings (SSSR count). The first-order valence-electron chi connectivity index (χ1n) is 10.1. The molecular formula is C24H27FN2O3. The Kier molecular flexibility index (Phi) is 7.00. The Bertz CT molecular complexity index is 983. The summed E-state index contributed by atoms with van der Waals surface area (Å²) in [6, 6.07) is 16.1. The first kappa shape index (κ1) is 21.7. The Hall–Kier alpha value is -2.99. The lowest BCUT2D eigenvalue weighted by Gasteiger charge is -2.27. The normalized spacial score (nSPS) is 11.5. The Labute approximate surface area is 176 Å². The molecule has 6 heteroatoms. The first-order chi connectivity index (χ1) is 14.4. The number of carbonyl (C=O) groups excluding carboxylic acids is 1. The molecule has 0 aliphatic heterocycles. The number of nitrogens with zero attached hydrogens (tertiary/aromatic N) is 2.